The molecule has 0 bridgehead atoms. The second-order valence-corrected chi connectivity index (χ2v) is 5.49. The van der Waals surface area contributed by atoms with Gasteiger partial charge in [0.1, 0.15) is 0 Å². The Morgan fingerprint density at radius 1 is 1.18 bits per heavy atom. The summed E-state index contributed by atoms with van der Waals surface area (Å²) in [7, 11) is 0. The molecule has 0 unspecified atom stereocenters. The fourth-order valence-electron chi connectivity index (χ4n) is 3.11. The van der Waals surface area contributed by atoms with Crippen LogP contribution in [-0.2, 0) is 0 Å². The molecule has 1 aromatic carbocycles. The molecule has 3 rings (SSSR count). The predicted molar refractivity (Wildman–Crippen MR) is 99.4 cm³/mol. The number of fused-ring (bicyclic) bond motifs is 1. The van der Waals surface area contributed by atoms with Gasteiger partial charge in [-0.25, -0.2) is 0 Å². The summed E-state index contributed by atoms with van der Waals surface area (Å²) >= 11 is 0. The molecule has 5 heteroatoms. The summed E-state index contributed by atoms with van der Waals surface area (Å²) in [6.45, 7) is 8.33. The van der Waals surface area contributed by atoms with E-state index in [2.05, 4.69) is 46.0 Å². The fourth-order valence-corrected chi connectivity index (χ4v) is 3.11. The summed E-state index contributed by atoms with van der Waals surface area (Å²) in [4.78, 5) is 5.87. The Morgan fingerprint density at radius 2 is 1.95 bits per heavy atom. The lowest BCUT2D eigenvalue weighted by molar-refractivity contribution is 0.166. The van der Waals surface area contributed by atoms with Gasteiger partial charge in [0, 0.05) is 43.9 Å². The quantitative estimate of drug-likeness (QED) is 0.807. The van der Waals surface area contributed by atoms with Crippen LogP contribution in [0.25, 0.3) is 10.9 Å². The first-order valence-electron chi connectivity index (χ1n) is 7.51. The van der Waals surface area contributed by atoms with Crippen molar-refractivity contribution in [1.82, 2.24) is 15.2 Å². The number of nitrogens with one attached hydrogen (secondary N) is 2. The maximum absolute atomic E-state index is 3.88. The van der Waals surface area contributed by atoms with Gasteiger partial charge in [0.2, 0.25) is 0 Å². The van der Waals surface area contributed by atoms with E-state index in [1.165, 1.54) is 16.5 Å². The lowest BCUT2D eigenvalue weighted by atomic mass is 9.98. The van der Waals surface area contributed by atoms with Gasteiger partial charge in [0.05, 0.1) is 0 Å². The molecule has 2 N–H and O–H groups in total. The van der Waals surface area contributed by atoms with Crippen molar-refractivity contribution in [3.8, 4) is 0 Å². The van der Waals surface area contributed by atoms with Gasteiger partial charge >= 0.3 is 0 Å². The highest BCUT2D eigenvalue weighted by molar-refractivity contribution is 5.85. The molecular formula is C17H25Cl2N3. The summed E-state index contributed by atoms with van der Waals surface area (Å²) in [5, 5.41) is 4.74. The molecule has 1 saturated heterocycles. The van der Waals surface area contributed by atoms with Crippen LogP contribution in [0.4, 0.5) is 0 Å². The average Bonchev–Trinajstić information content (AvgIpc) is 2.96. The van der Waals surface area contributed by atoms with E-state index < -0.39 is 0 Å². The average molecular weight is 342 g/mol. The first-order chi connectivity index (χ1) is 9.88. The number of benzene rings is 1. The van der Waals surface area contributed by atoms with Crippen LogP contribution in [0.2, 0.25) is 0 Å². The number of allylic oxidation sites excluding steroid dienone is 1. The molecule has 2 heterocycles. The van der Waals surface area contributed by atoms with Gasteiger partial charge in [-0.3, -0.25) is 4.90 Å². The summed E-state index contributed by atoms with van der Waals surface area (Å²) in [6.07, 6.45) is 6.27. The van der Waals surface area contributed by atoms with Gasteiger partial charge in [0.15, 0.2) is 0 Å². The van der Waals surface area contributed by atoms with Crippen molar-refractivity contribution in [2.45, 2.75) is 18.9 Å². The lowest BCUT2D eigenvalue weighted by Gasteiger charge is -2.35. The number of rotatable bonds is 5. The Hall–Kier alpha value is -1.000. The van der Waals surface area contributed by atoms with Crippen LogP contribution in [0.3, 0.4) is 0 Å². The Bertz CT molecular complexity index is 576. The van der Waals surface area contributed by atoms with E-state index >= 15 is 0 Å². The smallest absolute Gasteiger partial charge is 0.0454 e. The Kier molecular flexibility index (Phi) is 7.97. The highest BCUT2D eigenvalue weighted by Crippen LogP contribution is 2.28. The highest BCUT2D eigenvalue weighted by atomic mass is 35.5. The number of piperazine rings is 1. The number of hydrogen-bond acceptors (Lipinski definition) is 2. The molecule has 0 radical (unpaired) electrons. The van der Waals surface area contributed by atoms with E-state index in [1.807, 2.05) is 12.3 Å². The second kappa shape index (κ2) is 9.21. The standard InChI is InChI=1S/C17H23N3.2ClH/c1-2-3-4-17(20-11-9-18-10-12-20)15-5-6-16-14(13-15)7-8-19-16;;/h2,5-8,13,17-19H,1,3-4,9-12H2;2*1H/t17-;;/m1../s1. The Labute approximate surface area is 145 Å². The second-order valence-electron chi connectivity index (χ2n) is 5.49. The molecule has 1 fully saturated rings. The van der Waals surface area contributed by atoms with E-state index in [0.717, 1.165) is 39.0 Å². The van der Waals surface area contributed by atoms with Crippen LogP contribution in [0.1, 0.15) is 24.4 Å². The summed E-state index contributed by atoms with van der Waals surface area (Å²) < 4.78 is 0. The number of nitrogens with zero attached hydrogens (tertiary/aromatic N) is 1. The van der Waals surface area contributed by atoms with Gasteiger partial charge in [-0.1, -0.05) is 12.1 Å². The zero-order valence-electron chi connectivity index (χ0n) is 12.8. The number of aromatic nitrogens is 1. The van der Waals surface area contributed by atoms with Crippen molar-refractivity contribution in [3.05, 3.63) is 48.7 Å². The first kappa shape index (κ1) is 19.0. The zero-order chi connectivity index (χ0) is 13.8. The molecule has 0 spiro atoms. The third kappa shape index (κ3) is 4.26. The summed E-state index contributed by atoms with van der Waals surface area (Å²) in [5.41, 5.74) is 2.65. The minimum Gasteiger partial charge on any atom is -0.361 e. The van der Waals surface area contributed by atoms with Gasteiger partial charge in [0.25, 0.3) is 0 Å². The van der Waals surface area contributed by atoms with Crippen molar-refractivity contribution >= 4 is 35.7 Å². The van der Waals surface area contributed by atoms with E-state index in [9.17, 15) is 0 Å². The van der Waals surface area contributed by atoms with Crippen LogP contribution in [0, 0.1) is 0 Å². The topological polar surface area (TPSA) is 31.1 Å². The van der Waals surface area contributed by atoms with E-state index in [0.29, 0.717) is 6.04 Å². The normalized spacial score (nSPS) is 16.5. The number of halogens is 2. The molecule has 2 aromatic rings. The molecule has 122 valence electrons. The molecule has 3 nitrogen and oxygen atoms in total. The number of aromatic amines is 1. The molecule has 1 aromatic heterocycles. The molecule has 1 aliphatic heterocycles. The van der Waals surface area contributed by atoms with Crippen LogP contribution >= 0.6 is 24.8 Å². The van der Waals surface area contributed by atoms with E-state index in [1.54, 1.807) is 0 Å². The predicted octanol–water partition coefficient (Wildman–Crippen LogP) is 3.92. The molecule has 0 saturated carbocycles. The summed E-state index contributed by atoms with van der Waals surface area (Å²) in [6, 6.07) is 9.47. The van der Waals surface area contributed by atoms with Crippen LogP contribution < -0.4 is 5.32 Å². The maximum Gasteiger partial charge on any atom is 0.0454 e. The minimum absolute atomic E-state index is 0. The molecule has 0 aliphatic carbocycles. The van der Waals surface area contributed by atoms with Gasteiger partial charge in [-0.15, -0.1) is 31.4 Å². The van der Waals surface area contributed by atoms with E-state index in [4.69, 9.17) is 0 Å². The molecule has 1 aliphatic rings. The van der Waals surface area contributed by atoms with Crippen LogP contribution in [-0.4, -0.2) is 36.1 Å². The van der Waals surface area contributed by atoms with Crippen LogP contribution in [0.15, 0.2) is 43.1 Å². The fraction of sp³-hybridized carbons (Fsp3) is 0.412. The van der Waals surface area contributed by atoms with E-state index in [-0.39, 0.29) is 24.8 Å². The lowest BCUT2D eigenvalue weighted by Crippen LogP contribution is -2.45. The number of H-pyrrole nitrogens is 1. The third-order valence-electron chi connectivity index (χ3n) is 4.20. The Morgan fingerprint density at radius 3 is 2.68 bits per heavy atom. The monoisotopic (exact) mass is 341 g/mol. The largest absolute Gasteiger partial charge is 0.361 e. The third-order valence-corrected chi connectivity index (χ3v) is 4.20. The van der Waals surface area contributed by atoms with Crippen molar-refractivity contribution in [1.29, 1.82) is 0 Å². The van der Waals surface area contributed by atoms with Gasteiger partial charge in [-0.2, -0.15) is 0 Å². The van der Waals surface area contributed by atoms with Crippen molar-refractivity contribution in [2.24, 2.45) is 0 Å². The maximum atomic E-state index is 3.88. The van der Waals surface area contributed by atoms with Crippen LogP contribution in [0.5, 0.6) is 0 Å². The SMILES string of the molecule is C=CCC[C@H](c1ccc2[nH]ccc2c1)N1CCNCC1.Cl.Cl. The molecule has 0 amide bonds. The molecular weight excluding hydrogens is 317 g/mol. The number of hydrogen-bond donors (Lipinski definition) is 2. The Balaban J connectivity index is 0.00000121. The minimum atomic E-state index is 0. The first-order valence-corrected chi connectivity index (χ1v) is 7.51. The molecule has 22 heavy (non-hydrogen) atoms. The van der Waals surface area contributed by atoms with Gasteiger partial charge < -0.3 is 10.3 Å². The van der Waals surface area contributed by atoms with Crippen molar-refractivity contribution in [3.63, 3.8) is 0 Å². The van der Waals surface area contributed by atoms with Crippen molar-refractivity contribution < 1.29 is 0 Å². The van der Waals surface area contributed by atoms with Crippen molar-refractivity contribution in [2.75, 3.05) is 26.2 Å². The molecule has 1 atom stereocenters. The van der Waals surface area contributed by atoms with Gasteiger partial charge in [-0.05, 0) is 42.0 Å². The highest BCUT2D eigenvalue weighted by Gasteiger charge is 2.21. The zero-order valence-corrected chi connectivity index (χ0v) is 14.4. The summed E-state index contributed by atoms with van der Waals surface area (Å²) in [5.74, 6) is 0.